The van der Waals surface area contributed by atoms with Crippen molar-refractivity contribution in [2.75, 3.05) is 6.54 Å². The minimum Gasteiger partial charge on any atom is -0.348 e. The van der Waals surface area contributed by atoms with Gasteiger partial charge in [-0.2, -0.15) is 0 Å². The minimum atomic E-state index is -0.565. The summed E-state index contributed by atoms with van der Waals surface area (Å²) in [6, 6.07) is 3.33. The lowest BCUT2D eigenvalue weighted by atomic mass is 9.97. The Morgan fingerprint density at radius 1 is 1.29 bits per heavy atom. The van der Waals surface area contributed by atoms with Crippen molar-refractivity contribution in [3.05, 3.63) is 53.1 Å². The van der Waals surface area contributed by atoms with Crippen LogP contribution in [0.4, 0.5) is 8.78 Å². The summed E-state index contributed by atoms with van der Waals surface area (Å²) in [7, 11) is 0. The van der Waals surface area contributed by atoms with Gasteiger partial charge in [-0.3, -0.25) is 0 Å². The van der Waals surface area contributed by atoms with E-state index >= 15 is 0 Å². The quantitative estimate of drug-likeness (QED) is 0.792. The van der Waals surface area contributed by atoms with Crippen molar-refractivity contribution >= 4 is 0 Å². The van der Waals surface area contributed by atoms with Crippen LogP contribution in [-0.2, 0) is 6.42 Å². The molecule has 0 amide bonds. The SMILES string of the molecule is Fc1ccc(C2NCCc3[nH]cnc32)c(F)c1. The first-order chi connectivity index (χ1) is 8.25. The summed E-state index contributed by atoms with van der Waals surface area (Å²) in [6.07, 6.45) is 2.45. The summed E-state index contributed by atoms with van der Waals surface area (Å²) in [6.45, 7) is 0.747. The molecular formula is C12H11F2N3. The van der Waals surface area contributed by atoms with Gasteiger partial charge in [-0.05, 0) is 6.07 Å². The van der Waals surface area contributed by atoms with Crippen LogP contribution in [0, 0.1) is 11.6 Å². The standard InChI is InChI=1S/C12H11F2N3/c13-7-1-2-8(9(14)5-7)11-12-10(3-4-15-11)16-6-17-12/h1-2,5-6,11,15H,3-4H2,(H,16,17). The number of H-pyrrole nitrogens is 1. The molecule has 0 aliphatic carbocycles. The van der Waals surface area contributed by atoms with E-state index in [9.17, 15) is 8.78 Å². The van der Waals surface area contributed by atoms with Gasteiger partial charge < -0.3 is 10.3 Å². The Bertz CT molecular complexity index is 550. The van der Waals surface area contributed by atoms with E-state index in [-0.39, 0.29) is 6.04 Å². The van der Waals surface area contributed by atoms with E-state index in [0.717, 1.165) is 30.4 Å². The van der Waals surface area contributed by atoms with Crippen molar-refractivity contribution in [2.45, 2.75) is 12.5 Å². The molecule has 5 heteroatoms. The molecule has 2 heterocycles. The van der Waals surface area contributed by atoms with E-state index in [2.05, 4.69) is 15.3 Å². The largest absolute Gasteiger partial charge is 0.348 e. The average molecular weight is 235 g/mol. The number of nitrogens with one attached hydrogen (secondary N) is 2. The molecule has 1 aliphatic heterocycles. The molecule has 0 spiro atoms. The van der Waals surface area contributed by atoms with Gasteiger partial charge in [0.1, 0.15) is 11.6 Å². The van der Waals surface area contributed by atoms with E-state index in [4.69, 9.17) is 0 Å². The third kappa shape index (κ3) is 1.72. The first kappa shape index (κ1) is 10.4. The predicted octanol–water partition coefficient (Wildman–Crippen LogP) is 1.92. The highest BCUT2D eigenvalue weighted by Crippen LogP contribution is 2.28. The van der Waals surface area contributed by atoms with Gasteiger partial charge in [-0.15, -0.1) is 0 Å². The van der Waals surface area contributed by atoms with Crippen molar-refractivity contribution in [3.63, 3.8) is 0 Å². The zero-order valence-corrected chi connectivity index (χ0v) is 9.00. The van der Waals surface area contributed by atoms with Gasteiger partial charge in [-0.1, -0.05) is 6.07 Å². The summed E-state index contributed by atoms with van der Waals surface area (Å²) >= 11 is 0. The highest BCUT2D eigenvalue weighted by atomic mass is 19.1. The monoisotopic (exact) mass is 235 g/mol. The molecule has 0 bridgehead atoms. The number of benzene rings is 1. The molecule has 1 aromatic carbocycles. The average Bonchev–Trinajstić information content (AvgIpc) is 2.77. The number of fused-ring (bicyclic) bond motifs is 1. The molecule has 0 saturated carbocycles. The summed E-state index contributed by atoms with van der Waals surface area (Å²) in [5.74, 6) is -1.11. The van der Waals surface area contributed by atoms with Crippen LogP contribution in [0.1, 0.15) is 23.0 Å². The van der Waals surface area contributed by atoms with Gasteiger partial charge >= 0.3 is 0 Å². The van der Waals surface area contributed by atoms with E-state index < -0.39 is 11.6 Å². The van der Waals surface area contributed by atoms with Crippen molar-refractivity contribution in [2.24, 2.45) is 0 Å². The maximum Gasteiger partial charge on any atom is 0.131 e. The Hall–Kier alpha value is -1.75. The van der Waals surface area contributed by atoms with Gasteiger partial charge in [-0.25, -0.2) is 13.8 Å². The van der Waals surface area contributed by atoms with Crippen molar-refractivity contribution in [1.29, 1.82) is 0 Å². The van der Waals surface area contributed by atoms with Crippen LogP contribution in [-0.4, -0.2) is 16.5 Å². The molecule has 0 saturated heterocycles. The fourth-order valence-electron chi connectivity index (χ4n) is 2.21. The van der Waals surface area contributed by atoms with Crippen molar-refractivity contribution in [1.82, 2.24) is 15.3 Å². The summed E-state index contributed by atoms with van der Waals surface area (Å²) in [4.78, 5) is 7.24. The van der Waals surface area contributed by atoms with Gasteiger partial charge in [0, 0.05) is 30.3 Å². The topological polar surface area (TPSA) is 40.7 Å². The van der Waals surface area contributed by atoms with Crippen LogP contribution in [0.3, 0.4) is 0 Å². The number of aromatic nitrogens is 2. The number of nitrogens with zero attached hydrogens (tertiary/aromatic N) is 1. The van der Waals surface area contributed by atoms with Crippen molar-refractivity contribution < 1.29 is 8.78 Å². The first-order valence-corrected chi connectivity index (χ1v) is 5.46. The lowest BCUT2D eigenvalue weighted by molar-refractivity contribution is 0.510. The Balaban J connectivity index is 2.06. The van der Waals surface area contributed by atoms with Crippen LogP contribution in [0.15, 0.2) is 24.5 Å². The first-order valence-electron chi connectivity index (χ1n) is 5.46. The fourth-order valence-corrected chi connectivity index (χ4v) is 2.21. The molecule has 2 N–H and O–H groups in total. The normalized spacial score (nSPS) is 19.1. The van der Waals surface area contributed by atoms with E-state index in [1.165, 1.54) is 12.1 Å². The van der Waals surface area contributed by atoms with Gasteiger partial charge in [0.05, 0.1) is 18.1 Å². The number of hydrogen-bond donors (Lipinski definition) is 2. The van der Waals surface area contributed by atoms with Crippen LogP contribution in [0.2, 0.25) is 0 Å². The predicted molar refractivity (Wildman–Crippen MR) is 58.5 cm³/mol. The Labute approximate surface area is 96.9 Å². The maximum absolute atomic E-state index is 13.7. The molecule has 1 aromatic heterocycles. The summed E-state index contributed by atoms with van der Waals surface area (Å²) in [5.41, 5.74) is 2.23. The molecule has 1 atom stereocenters. The van der Waals surface area contributed by atoms with Crippen LogP contribution in [0.25, 0.3) is 0 Å². The third-order valence-corrected chi connectivity index (χ3v) is 3.02. The second-order valence-electron chi connectivity index (χ2n) is 4.07. The molecule has 1 aliphatic rings. The Kier molecular flexibility index (Phi) is 2.40. The molecule has 1 unspecified atom stereocenters. The summed E-state index contributed by atoms with van der Waals surface area (Å²) in [5, 5.41) is 3.19. The minimum absolute atomic E-state index is 0.300. The lowest BCUT2D eigenvalue weighted by Crippen LogP contribution is -2.31. The lowest BCUT2D eigenvalue weighted by Gasteiger charge is -2.23. The number of halogens is 2. The Morgan fingerprint density at radius 3 is 3.00 bits per heavy atom. The number of rotatable bonds is 1. The van der Waals surface area contributed by atoms with Gasteiger partial charge in [0.15, 0.2) is 0 Å². The number of hydrogen-bond acceptors (Lipinski definition) is 2. The van der Waals surface area contributed by atoms with Crippen LogP contribution < -0.4 is 5.32 Å². The van der Waals surface area contributed by atoms with Crippen LogP contribution >= 0.6 is 0 Å². The van der Waals surface area contributed by atoms with Crippen LogP contribution in [0.5, 0.6) is 0 Å². The molecule has 2 aromatic rings. The van der Waals surface area contributed by atoms with Gasteiger partial charge in [0.2, 0.25) is 0 Å². The molecular weight excluding hydrogens is 224 g/mol. The molecule has 0 radical (unpaired) electrons. The Morgan fingerprint density at radius 2 is 2.18 bits per heavy atom. The zero-order valence-electron chi connectivity index (χ0n) is 9.00. The van der Waals surface area contributed by atoms with E-state index in [1.54, 1.807) is 6.33 Å². The fraction of sp³-hybridized carbons (Fsp3) is 0.250. The zero-order chi connectivity index (χ0) is 11.8. The smallest absolute Gasteiger partial charge is 0.131 e. The molecule has 0 fully saturated rings. The van der Waals surface area contributed by atoms with Gasteiger partial charge in [0.25, 0.3) is 0 Å². The second kappa shape index (κ2) is 3.92. The van der Waals surface area contributed by atoms with E-state index in [1.807, 2.05) is 0 Å². The molecule has 3 rings (SSSR count). The highest BCUT2D eigenvalue weighted by molar-refractivity contribution is 5.33. The molecule has 88 valence electrons. The van der Waals surface area contributed by atoms with Crippen molar-refractivity contribution in [3.8, 4) is 0 Å². The summed E-state index contributed by atoms with van der Waals surface area (Å²) < 4.78 is 26.6. The highest BCUT2D eigenvalue weighted by Gasteiger charge is 2.25. The third-order valence-electron chi connectivity index (χ3n) is 3.02. The number of aromatic amines is 1. The molecule has 17 heavy (non-hydrogen) atoms. The molecule has 3 nitrogen and oxygen atoms in total. The maximum atomic E-state index is 13.7. The number of imidazole rings is 1. The van der Waals surface area contributed by atoms with E-state index in [0.29, 0.717) is 5.56 Å². The second-order valence-corrected chi connectivity index (χ2v) is 4.07.